The lowest BCUT2D eigenvalue weighted by atomic mass is 9.95. The zero-order valence-corrected chi connectivity index (χ0v) is 23.2. The van der Waals surface area contributed by atoms with Gasteiger partial charge in [0, 0.05) is 19.4 Å². The first-order valence-electron chi connectivity index (χ1n) is 11.8. The number of nitrogens with one attached hydrogen (secondary N) is 3. The van der Waals surface area contributed by atoms with Crippen LogP contribution in [0.3, 0.4) is 0 Å². The Morgan fingerprint density at radius 2 is 1.76 bits per heavy atom. The molecule has 0 fully saturated rings. The molecule has 1 aliphatic carbocycles. The fraction of sp³-hybridized carbons (Fsp3) is 0.385. The van der Waals surface area contributed by atoms with Crippen LogP contribution in [0.1, 0.15) is 44.4 Å². The second-order valence-corrected chi connectivity index (χ2v) is 8.57. The number of benzene rings is 1. The maximum absolute atomic E-state index is 13.0. The molecule has 3 rings (SSSR count). The highest BCUT2D eigenvalue weighted by molar-refractivity contribution is 7.80. The molecular weight excluding hydrogens is 512 g/mol. The molecule has 0 aliphatic heterocycles. The lowest BCUT2D eigenvalue weighted by molar-refractivity contribution is -0.140. The predicted molar refractivity (Wildman–Crippen MR) is 149 cm³/mol. The summed E-state index contributed by atoms with van der Waals surface area (Å²) in [6, 6.07) is 6.45. The van der Waals surface area contributed by atoms with Crippen LogP contribution >= 0.6 is 12.2 Å². The second-order valence-electron chi connectivity index (χ2n) is 8.13. The number of ether oxygens (including phenoxy) is 4. The monoisotopic (exact) mass is 546 g/mol. The van der Waals surface area contributed by atoms with Gasteiger partial charge in [-0.3, -0.25) is 25.2 Å². The molecule has 38 heavy (non-hydrogen) atoms. The number of amides is 1. The van der Waals surface area contributed by atoms with Gasteiger partial charge < -0.3 is 30.0 Å². The van der Waals surface area contributed by atoms with E-state index in [1.807, 2.05) is 6.07 Å². The van der Waals surface area contributed by atoms with Gasteiger partial charge >= 0.3 is 5.97 Å². The minimum Gasteiger partial charge on any atom is -0.493 e. The molecule has 206 valence electrons. The summed E-state index contributed by atoms with van der Waals surface area (Å²) in [6.45, 7) is 5.10. The SMILES string of the molecule is CCOC(C)=O.COc1cc2c(c(OC)c1OC)-c1ccc(NNC(N)=S)c(=O)cc1[C@@H](NC(C)=O)CC2. The van der Waals surface area contributed by atoms with E-state index >= 15 is 0 Å². The van der Waals surface area contributed by atoms with E-state index in [2.05, 4.69) is 20.9 Å². The molecule has 12 heteroatoms. The second kappa shape index (κ2) is 14.0. The van der Waals surface area contributed by atoms with E-state index in [4.69, 9.17) is 32.2 Å². The Bertz CT molecular complexity index is 1250. The molecule has 5 N–H and O–H groups in total. The smallest absolute Gasteiger partial charge is 0.302 e. The van der Waals surface area contributed by atoms with E-state index in [9.17, 15) is 14.4 Å². The Balaban J connectivity index is 0.000000757. The zero-order chi connectivity index (χ0) is 28.4. The molecule has 2 aromatic carbocycles. The van der Waals surface area contributed by atoms with Gasteiger partial charge in [0.2, 0.25) is 17.1 Å². The number of methoxy groups -OCH3 is 3. The number of fused-ring (bicyclic) bond motifs is 3. The standard InChI is InChI=1S/C22H26N4O5S.C4H8O2/c1-11(27)24-15-7-5-12-9-18(29-2)20(30-3)21(31-4)19(12)13-6-8-16(25-26-22(23)32)17(28)10-14(13)15;1-3-6-4(2)5/h6,8-10,15H,5,7H2,1-4H3,(H,24,27)(H,25,28)(H3,23,26,32);3H2,1-2H3/t15-;/m0./s1. The largest absolute Gasteiger partial charge is 0.493 e. The molecule has 11 nitrogen and oxygen atoms in total. The quantitative estimate of drug-likeness (QED) is 0.230. The summed E-state index contributed by atoms with van der Waals surface area (Å²) < 4.78 is 21.2. The summed E-state index contributed by atoms with van der Waals surface area (Å²) in [4.78, 5) is 34.7. The fourth-order valence-electron chi connectivity index (χ4n) is 4.14. The number of hydrogen-bond acceptors (Lipinski definition) is 9. The van der Waals surface area contributed by atoms with Crippen molar-refractivity contribution in [2.75, 3.05) is 33.4 Å². The number of rotatable bonds is 7. The van der Waals surface area contributed by atoms with E-state index in [0.29, 0.717) is 42.3 Å². The Hall–Kier alpha value is -4.06. The molecule has 1 aliphatic rings. The zero-order valence-electron chi connectivity index (χ0n) is 22.4. The summed E-state index contributed by atoms with van der Waals surface area (Å²) in [6.07, 6.45) is 1.20. The van der Waals surface area contributed by atoms with Gasteiger partial charge in [0.05, 0.1) is 34.0 Å². The van der Waals surface area contributed by atoms with Gasteiger partial charge in [0.1, 0.15) is 5.69 Å². The van der Waals surface area contributed by atoms with Crippen molar-refractivity contribution < 1.29 is 28.5 Å². The molecule has 0 saturated carbocycles. The van der Waals surface area contributed by atoms with Crippen LogP contribution in [-0.4, -0.2) is 44.9 Å². The Morgan fingerprint density at radius 3 is 2.26 bits per heavy atom. The lowest BCUT2D eigenvalue weighted by Crippen LogP contribution is -2.35. The number of carbonyl (C=O) groups excluding carboxylic acids is 2. The van der Waals surface area contributed by atoms with Crippen LogP contribution in [0.25, 0.3) is 11.1 Å². The third-order valence-electron chi connectivity index (χ3n) is 5.58. The van der Waals surface area contributed by atoms with Crippen LogP contribution in [0.5, 0.6) is 17.2 Å². The number of esters is 1. The summed E-state index contributed by atoms with van der Waals surface area (Å²) in [5.41, 5.74) is 13.8. The van der Waals surface area contributed by atoms with Crippen molar-refractivity contribution in [1.82, 2.24) is 10.7 Å². The van der Waals surface area contributed by atoms with E-state index < -0.39 is 0 Å². The molecule has 0 aromatic heterocycles. The van der Waals surface area contributed by atoms with Gasteiger partial charge in [0.25, 0.3) is 0 Å². The number of thiocarbonyl (C=S) groups is 1. The first-order valence-corrected chi connectivity index (χ1v) is 12.2. The number of hydrogen-bond donors (Lipinski definition) is 4. The molecule has 0 heterocycles. The van der Waals surface area contributed by atoms with Crippen molar-refractivity contribution in [2.24, 2.45) is 5.73 Å². The number of carbonyl (C=O) groups is 2. The van der Waals surface area contributed by atoms with Crippen molar-refractivity contribution in [3.8, 4) is 28.4 Å². The summed E-state index contributed by atoms with van der Waals surface area (Å²) in [5.74, 6) is 1.07. The van der Waals surface area contributed by atoms with Crippen molar-refractivity contribution in [1.29, 1.82) is 0 Å². The van der Waals surface area contributed by atoms with E-state index in [1.54, 1.807) is 33.3 Å². The van der Waals surface area contributed by atoms with E-state index in [0.717, 1.165) is 16.7 Å². The molecule has 2 aromatic rings. The number of anilines is 1. The van der Waals surface area contributed by atoms with Gasteiger partial charge in [-0.15, -0.1) is 0 Å². The molecule has 0 bridgehead atoms. The van der Waals surface area contributed by atoms with Crippen LogP contribution < -0.4 is 41.5 Å². The first kappa shape index (κ1) is 30.2. The average Bonchev–Trinajstić information content (AvgIpc) is 3.10. The molecule has 1 amide bonds. The highest BCUT2D eigenvalue weighted by atomic mass is 32.1. The topological polar surface area (TPSA) is 150 Å². The van der Waals surface area contributed by atoms with Crippen molar-refractivity contribution in [3.63, 3.8) is 0 Å². The predicted octanol–water partition coefficient (Wildman–Crippen LogP) is 2.59. The Kier molecular flexibility index (Phi) is 11.1. The normalized spacial score (nSPS) is 13.2. The Labute approximate surface area is 227 Å². The van der Waals surface area contributed by atoms with Gasteiger partial charge in [-0.2, -0.15) is 0 Å². The Morgan fingerprint density at radius 1 is 1.08 bits per heavy atom. The van der Waals surface area contributed by atoms with Gasteiger partial charge in [-0.05, 0) is 66.9 Å². The molecular formula is C26H34N4O7S. The van der Waals surface area contributed by atoms with Crippen LogP contribution in [-0.2, 0) is 20.7 Å². The lowest BCUT2D eigenvalue weighted by Gasteiger charge is -2.19. The summed E-state index contributed by atoms with van der Waals surface area (Å²) >= 11 is 4.80. The maximum atomic E-state index is 13.0. The first-order chi connectivity index (χ1) is 18.1. The minimum absolute atomic E-state index is 0.00237. The minimum atomic E-state index is -0.381. The average molecular weight is 547 g/mol. The molecule has 0 spiro atoms. The van der Waals surface area contributed by atoms with Crippen molar-refractivity contribution in [2.45, 2.75) is 39.7 Å². The maximum Gasteiger partial charge on any atom is 0.302 e. The van der Waals surface area contributed by atoms with Crippen LogP contribution in [0.2, 0.25) is 0 Å². The highest BCUT2D eigenvalue weighted by Gasteiger charge is 2.29. The fourth-order valence-corrected chi connectivity index (χ4v) is 4.19. The number of aryl methyl sites for hydroxylation is 1. The van der Waals surface area contributed by atoms with Crippen molar-refractivity contribution in [3.05, 3.63) is 45.6 Å². The number of hydrazine groups is 1. The highest BCUT2D eigenvalue weighted by Crippen LogP contribution is 2.50. The van der Waals surface area contributed by atoms with Gasteiger partial charge in [0.15, 0.2) is 16.6 Å². The van der Waals surface area contributed by atoms with E-state index in [-0.39, 0.29) is 34.1 Å². The molecule has 1 atom stereocenters. The summed E-state index contributed by atoms with van der Waals surface area (Å²) in [5, 5.41) is 2.96. The summed E-state index contributed by atoms with van der Waals surface area (Å²) in [7, 11) is 4.65. The molecule has 0 unspecified atom stereocenters. The van der Waals surface area contributed by atoms with Crippen LogP contribution in [0.15, 0.2) is 29.1 Å². The van der Waals surface area contributed by atoms with Crippen molar-refractivity contribution >= 4 is 34.9 Å². The third-order valence-corrected chi connectivity index (χ3v) is 5.69. The van der Waals surface area contributed by atoms with E-state index in [1.165, 1.54) is 27.0 Å². The third kappa shape index (κ3) is 7.48. The van der Waals surface area contributed by atoms with Crippen LogP contribution in [0, 0.1) is 0 Å². The van der Waals surface area contributed by atoms with Gasteiger partial charge in [-0.1, -0.05) is 6.07 Å². The molecule has 0 radical (unpaired) electrons. The van der Waals surface area contributed by atoms with Gasteiger partial charge in [-0.25, -0.2) is 0 Å². The van der Waals surface area contributed by atoms with Crippen LogP contribution in [0.4, 0.5) is 5.69 Å². The molecule has 0 saturated heterocycles. The number of nitrogens with two attached hydrogens (primary N) is 1.